The number of ether oxygens (including phenoxy) is 3. The van der Waals surface area contributed by atoms with E-state index in [-0.39, 0.29) is 24.5 Å². The molecule has 0 saturated carbocycles. The zero-order valence-corrected chi connectivity index (χ0v) is 22.7. The van der Waals surface area contributed by atoms with Crippen LogP contribution in [-0.4, -0.2) is 78.9 Å². The Balaban J connectivity index is 1.30. The predicted molar refractivity (Wildman–Crippen MR) is 147 cm³/mol. The van der Waals surface area contributed by atoms with Crippen LogP contribution in [0.15, 0.2) is 62.9 Å². The molecular formula is C27H28BrN3O5S. The van der Waals surface area contributed by atoms with E-state index in [1.165, 1.54) is 11.8 Å². The maximum Gasteiger partial charge on any atom is 0.266 e. The molecular weight excluding hydrogens is 558 g/mol. The minimum atomic E-state index is -0.0808. The largest absolute Gasteiger partial charge is 0.483 e. The highest BCUT2D eigenvalue weighted by molar-refractivity contribution is 9.10. The van der Waals surface area contributed by atoms with E-state index in [4.69, 9.17) is 19.2 Å². The lowest BCUT2D eigenvalue weighted by molar-refractivity contribution is -0.137. The summed E-state index contributed by atoms with van der Waals surface area (Å²) in [6.07, 6.45) is 3.83. The summed E-state index contributed by atoms with van der Waals surface area (Å²) in [4.78, 5) is 34.6. The smallest absolute Gasteiger partial charge is 0.266 e. The van der Waals surface area contributed by atoms with Gasteiger partial charge in [0.2, 0.25) is 0 Å². The molecule has 0 spiro atoms. The average Bonchev–Trinajstić information content (AvgIpc) is 3.53. The third kappa shape index (κ3) is 6.62. The van der Waals surface area contributed by atoms with Crippen LogP contribution >= 0.6 is 27.7 Å². The van der Waals surface area contributed by atoms with Gasteiger partial charge in [0.25, 0.3) is 11.8 Å². The zero-order chi connectivity index (χ0) is 25.6. The van der Waals surface area contributed by atoms with E-state index in [1.54, 1.807) is 15.9 Å². The van der Waals surface area contributed by atoms with Crippen LogP contribution < -0.4 is 4.74 Å². The highest BCUT2D eigenvalue weighted by atomic mass is 79.9. The molecule has 3 aliphatic heterocycles. The van der Waals surface area contributed by atoms with Crippen LogP contribution in [0.1, 0.15) is 18.4 Å². The molecule has 0 unspecified atom stereocenters. The normalized spacial score (nSPS) is 22.3. The third-order valence-corrected chi connectivity index (χ3v) is 7.87. The molecule has 3 heterocycles. The summed E-state index contributed by atoms with van der Waals surface area (Å²) in [7, 11) is 0. The molecule has 3 aliphatic rings. The van der Waals surface area contributed by atoms with E-state index in [9.17, 15) is 9.59 Å². The van der Waals surface area contributed by atoms with E-state index in [2.05, 4.69) is 15.9 Å². The van der Waals surface area contributed by atoms with Gasteiger partial charge >= 0.3 is 0 Å². The average molecular weight is 587 g/mol. The molecule has 0 aromatic heterocycles. The summed E-state index contributed by atoms with van der Waals surface area (Å²) in [6.45, 7) is 3.46. The number of para-hydroxylation sites is 1. The van der Waals surface area contributed by atoms with Crippen molar-refractivity contribution in [1.29, 1.82) is 0 Å². The highest BCUT2D eigenvalue weighted by Crippen LogP contribution is 2.36. The standard InChI is InChI=1S/C27H28BrN3O5S/c28-22-15-19(8-9-23(22)36-18-25(32)30-10-13-34-14-11-30)16-24-26(33)31(17-21-7-4-12-35-21)27(37-24)29-20-5-2-1-3-6-20/h1-3,5-6,8-9,15-16,21H,4,7,10-14,17-18H2/b24-16-,29-27?/t21-/m1/s1. The first-order valence-electron chi connectivity index (χ1n) is 12.3. The summed E-state index contributed by atoms with van der Waals surface area (Å²) in [5, 5.41) is 0.651. The topological polar surface area (TPSA) is 80.7 Å². The molecule has 194 valence electrons. The molecule has 0 N–H and O–H groups in total. The molecule has 0 bridgehead atoms. The summed E-state index contributed by atoms with van der Waals surface area (Å²) in [5.74, 6) is 0.425. The van der Waals surface area contributed by atoms with Crippen molar-refractivity contribution in [3.63, 3.8) is 0 Å². The van der Waals surface area contributed by atoms with Crippen molar-refractivity contribution in [2.24, 2.45) is 4.99 Å². The lowest BCUT2D eigenvalue weighted by Gasteiger charge is -2.26. The van der Waals surface area contributed by atoms with Crippen molar-refractivity contribution < 1.29 is 23.8 Å². The number of carbonyl (C=O) groups excluding carboxylic acids is 2. The second-order valence-electron chi connectivity index (χ2n) is 8.86. The fourth-order valence-corrected chi connectivity index (χ4v) is 5.79. The number of hydrogen-bond acceptors (Lipinski definition) is 7. The quantitative estimate of drug-likeness (QED) is 0.446. The SMILES string of the molecule is O=C(COc1ccc(/C=C2\SC(=Nc3ccccc3)N(C[C@H]3CCCO3)C2=O)cc1Br)N1CCOCC1. The predicted octanol–water partition coefficient (Wildman–Crippen LogP) is 4.47. The number of amidine groups is 1. The Morgan fingerprint density at radius 1 is 1.16 bits per heavy atom. The van der Waals surface area contributed by atoms with Gasteiger partial charge in [-0.1, -0.05) is 24.3 Å². The van der Waals surface area contributed by atoms with Crippen LogP contribution in [0.2, 0.25) is 0 Å². The van der Waals surface area contributed by atoms with E-state index in [0.29, 0.717) is 53.1 Å². The van der Waals surface area contributed by atoms with Gasteiger partial charge in [-0.3, -0.25) is 14.5 Å². The van der Waals surface area contributed by atoms with Crippen LogP contribution in [0.5, 0.6) is 5.75 Å². The summed E-state index contributed by atoms with van der Waals surface area (Å²) in [6, 6.07) is 15.2. The monoisotopic (exact) mass is 585 g/mol. The maximum atomic E-state index is 13.4. The van der Waals surface area contributed by atoms with Gasteiger partial charge in [-0.25, -0.2) is 4.99 Å². The van der Waals surface area contributed by atoms with Gasteiger partial charge in [-0.2, -0.15) is 0 Å². The Bertz CT molecular complexity index is 1190. The zero-order valence-electron chi connectivity index (χ0n) is 20.3. The number of nitrogens with zero attached hydrogens (tertiary/aromatic N) is 3. The molecule has 2 aromatic rings. The number of thioether (sulfide) groups is 1. The molecule has 5 rings (SSSR count). The Kier molecular flexibility index (Phi) is 8.60. The van der Waals surface area contributed by atoms with Gasteiger partial charge in [0, 0.05) is 19.7 Å². The van der Waals surface area contributed by atoms with Crippen molar-refractivity contribution in [1.82, 2.24) is 9.80 Å². The Labute approximate surface area is 228 Å². The van der Waals surface area contributed by atoms with Gasteiger partial charge in [-0.15, -0.1) is 0 Å². The molecule has 2 amide bonds. The fraction of sp³-hybridized carbons (Fsp3) is 0.370. The van der Waals surface area contributed by atoms with E-state index in [1.807, 2.05) is 48.5 Å². The summed E-state index contributed by atoms with van der Waals surface area (Å²) < 4.78 is 17.6. The first-order valence-corrected chi connectivity index (χ1v) is 13.9. The summed E-state index contributed by atoms with van der Waals surface area (Å²) >= 11 is 4.91. The molecule has 3 saturated heterocycles. The Morgan fingerprint density at radius 2 is 1.97 bits per heavy atom. The first kappa shape index (κ1) is 26.0. The van der Waals surface area contributed by atoms with Gasteiger partial charge in [0.1, 0.15) is 5.75 Å². The second-order valence-corrected chi connectivity index (χ2v) is 10.7. The molecule has 3 fully saturated rings. The van der Waals surface area contributed by atoms with E-state index >= 15 is 0 Å². The number of amides is 2. The first-order chi connectivity index (χ1) is 18.1. The Morgan fingerprint density at radius 3 is 2.70 bits per heavy atom. The lowest BCUT2D eigenvalue weighted by Crippen LogP contribution is -2.43. The number of halogens is 1. The fourth-order valence-electron chi connectivity index (χ4n) is 4.28. The molecule has 37 heavy (non-hydrogen) atoms. The minimum Gasteiger partial charge on any atom is -0.483 e. The number of rotatable bonds is 7. The van der Waals surface area contributed by atoms with Crippen molar-refractivity contribution in [3.05, 3.63) is 63.5 Å². The van der Waals surface area contributed by atoms with Crippen LogP contribution in [0, 0.1) is 0 Å². The van der Waals surface area contributed by atoms with Gasteiger partial charge in [0.15, 0.2) is 11.8 Å². The molecule has 0 radical (unpaired) electrons. The second kappa shape index (κ2) is 12.3. The number of morpholine rings is 1. The van der Waals surface area contributed by atoms with Crippen LogP contribution in [-0.2, 0) is 19.1 Å². The number of aliphatic imine (C=N–C) groups is 1. The molecule has 10 heteroatoms. The Hall–Kier alpha value is -2.66. The van der Waals surface area contributed by atoms with E-state index in [0.717, 1.165) is 30.7 Å². The molecule has 1 atom stereocenters. The highest BCUT2D eigenvalue weighted by Gasteiger charge is 2.36. The van der Waals surface area contributed by atoms with Crippen molar-refractivity contribution in [3.8, 4) is 5.75 Å². The minimum absolute atomic E-state index is 0.0237. The van der Waals surface area contributed by atoms with Crippen molar-refractivity contribution in [2.75, 3.05) is 46.1 Å². The third-order valence-electron chi connectivity index (χ3n) is 6.25. The van der Waals surface area contributed by atoms with Crippen LogP contribution in [0.3, 0.4) is 0 Å². The lowest BCUT2D eigenvalue weighted by atomic mass is 10.2. The van der Waals surface area contributed by atoms with E-state index < -0.39 is 0 Å². The van der Waals surface area contributed by atoms with Gasteiger partial charge in [-0.05, 0) is 76.4 Å². The maximum absolute atomic E-state index is 13.4. The molecule has 0 aliphatic carbocycles. The summed E-state index contributed by atoms with van der Waals surface area (Å²) in [5.41, 5.74) is 1.64. The van der Waals surface area contributed by atoms with Crippen molar-refractivity contribution >= 4 is 56.4 Å². The van der Waals surface area contributed by atoms with Crippen molar-refractivity contribution in [2.45, 2.75) is 18.9 Å². The number of carbonyl (C=O) groups is 2. The number of hydrogen-bond donors (Lipinski definition) is 0. The van der Waals surface area contributed by atoms with Gasteiger partial charge in [0.05, 0.1) is 40.9 Å². The van der Waals surface area contributed by atoms with Crippen LogP contribution in [0.4, 0.5) is 5.69 Å². The number of benzene rings is 2. The van der Waals surface area contributed by atoms with Gasteiger partial charge < -0.3 is 19.1 Å². The molecule has 8 nitrogen and oxygen atoms in total. The molecule has 2 aromatic carbocycles. The van der Waals surface area contributed by atoms with Crippen LogP contribution in [0.25, 0.3) is 6.08 Å².